The van der Waals surface area contributed by atoms with Crippen molar-refractivity contribution in [3.63, 3.8) is 0 Å². The van der Waals surface area contributed by atoms with Gasteiger partial charge in [0.1, 0.15) is 6.10 Å². The number of halogens is 2. The summed E-state index contributed by atoms with van der Waals surface area (Å²) in [7, 11) is 0. The van der Waals surface area contributed by atoms with Crippen molar-refractivity contribution in [2.45, 2.75) is 25.9 Å². The summed E-state index contributed by atoms with van der Waals surface area (Å²) >= 11 is 11.7. The van der Waals surface area contributed by atoms with E-state index in [0.717, 1.165) is 6.42 Å². The van der Waals surface area contributed by atoms with E-state index in [1.54, 1.807) is 18.2 Å². The monoisotopic (exact) mass is 286 g/mol. The van der Waals surface area contributed by atoms with Gasteiger partial charge in [-0.3, -0.25) is 0 Å². The van der Waals surface area contributed by atoms with Crippen molar-refractivity contribution in [2.75, 3.05) is 0 Å². The molecule has 0 aliphatic heterocycles. The van der Waals surface area contributed by atoms with Gasteiger partial charge in [0.25, 0.3) is 5.89 Å². The Labute approximate surface area is 115 Å². The van der Waals surface area contributed by atoms with Crippen LogP contribution in [-0.2, 0) is 0 Å². The number of aliphatic hydroxyl groups is 1. The molecule has 1 heterocycles. The molecule has 0 saturated carbocycles. The van der Waals surface area contributed by atoms with Crippen LogP contribution in [0.1, 0.15) is 31.7 Å². The van der Waals surface area contributed by atoms with Gasteiger partial charge >= 0.3 is 0 Å². The molecule has 1 unspecified atom stereocenters. The summed E-state index contributed by atoms with van der Waals surface area (Å²) in [5.74, 6) is 0.608. The number of rotatable bonds is 4. The normalized spacial score (nSPS) is 12.7. The number of aromatic nitrogens is 2. The van der Waals surface area contributed by atoms with E-state index in [0.29, 0.717) is 27.9 Å². The fourth-order valence-corrected chi connectivity index (χ4v) is 1.82. The molecule has 0 saturated heterocycles. The zero-order valence-electron chi connectivity index (χ0n) is 9.73. The average molecular weight is 287 g/mol. The molecule has 0 fully saturated rings. The molecule has 1 aromatic carbocycles. The smallest absolute Gasteiger partial charge is 0.258 e. The van der Waals surface area contributed by atoms with E-state index in [9.17, 15) is 5.11 Å². The van der Waals surface area contributed by atoms with Crippen LogP contribution in [0.15, 0.2) is 22.7 Å². The standard InChI is InChI=1S/C12H12Cl2N2O2/c1-2-3-10(17)11-15-12(18-16-11)7-4-5-8(13)9(14)6-7/h4-6,10,17H,2-3H2,1H3. The van der Waals surface area contributed by atoms with E-state index in [4.69, 9.17) is 27.7 Å². The first-order valence-corrected chi connectivity index (χ1v) is 6.34. The molecule has 2 aromatic rings. The summed E-state index contributed by atoms with van der Waals surface area (Å²) in [6.45, 7) is 1.98. The summed E-state index contributed by atoms with van der Waals surface area (Å²) in [6.07, 6.45) is 0.744. The van der Waals surface area contributed by atoms with Crippen LogP contribution < -0.4 is 0 Å². The molecule has 0 aliphatic carbocycles. The molecule has 1 aromatic heterocycles. The van der Waals surface area contributed by atoms with E-state index in [-0.39, 0.29) is 5.82 Å². The third-order valence-electron chi connectivity index (χ3n) is 2.47. The molecule has 2 rings (SSSR count). The van der Waals surface area contributed by atoms with E-state index in [1.807, 2.05) is 6.92 Å². The molecule has 1 N–H and O–H groups in total. The summed E-state index contributed by atoms with van der Waals surface area (Å²) in [4.78, 5) is 4.14. The lowest BCUT2D eigenvalue weighted by Gasteiger charge is -2.01. The van der Waals surface area contributed by atoms with Gasteiger partial charge < -0.3 is 9.63 Å². The van der Waals surface area contributed by atoms with Gasteiger partial charge in [0.2, 0.25) is 5.82 Å². The van der Waals surface area contributed by atoms with Gasteiger partial charge in [-0.05, 0) is 24.6 Å². The Hall–Kier alpha value is -1.10. The summed E-state index contributed by atoms with van der Waals surface area (Å²) in [5.41, 5.74) is 0.673. The molecular weight excluding hydrogens is 275 g/mol. The van der Waals surface area contributed by atoms with Gasteiger partial charge in [-0.1, -0.05) is 41.7 Å². The Balaban J connectivity index is 2.26. The first-order chi connectivity index (χ1) is 8.61. The predicted molar refractivity (Wildman–Crippen MR) is 69.6 cm³/mol. The molecule has 0 spiro atoms. The van der Waals surface area contributed by atoms with Gasteiger partial charge in [0, 0.05) is 5.56 Å². The second-order valence-electron chi connectivity index (χ2n) is 3.89. The molecule has 0 aliphatic rings. The number of hydrogen-bond acceptors (Lipinski definition) is 4. The van der Waals surface area contributed by atoms with Gasteiger partial charge in [-0.2, -0.15) is 4.98 Å². The van der Waals surface area contributed by atoms with Gasteiger partial charge in [0.15, 0.2) is 0 Å². The highest BCUT2D eigenvalue weighted by atomic mass is 35.5. The highest BCUT2D eigenvalue weighted by molar-refractivity contribution is 6.42. The minimum atomic E-state index is -0.699. The Bertz CT molecular complexity index is 543. The molecule has 4 nitrogen and oxygen atoms in total. The first kappa shape index (κ1) is 13.3. The zero-order chi connectivity index (χ0) is 13.1. The second kappa shape index (κ2) is 5.69. The lowest BCUT2D eigenvalue weighted by molar-refractivity contribution is 0.153. The first-order valence-electron chi connectivity index (χ1n) is 5.59. The molecule has 0 bridgehead atoms. The van der Waals surface area contributed by atoms with Crippen LogP contribution in [0, 0.1) is 0 Å². The number of benzene rings is 1. The van der Waals surface area contributed by atoms with E-state index in [2.05, 4.69) is 10.1 Å². The van der Waals surface area contributed by atoms with Crippen LogP contribution in [-0.4, -0.2) is 15.2 Å². The largest absolute Gasteiger partial charge is 0.385 e. The van der Waals surface area contributed by atoms with Crippen LogP contribution in [0.5, 0.6) is 0 Å². The molecule has 1 atom stereocenters. The van der Waals surface area contributed by atoms with Crippen LogP contribution >= 0.6 is 23.2 Å². The van der Waals surface area contributed by atoms with Gasteiger partial charge in [0.05, 0.1) is 10.0 Å². The molecular formula is C12H12Cl2N2O2. The maximum atomic E-state index is 9.75. The maximum Gasteiger partial charge on any atom is 0.258 e. The summed E-state index contributed by atoms with van der Waals surface area (Å²) in [5, 5.41) is 14.4. The fraction of sp³-hybridized carbons (Fsp3) is 0.333. The Morgan fingerprint density at radius 1 is 1.33 bits per heavy atom. The molecule has 0 radical (unpaired) electrons. The quantitative estimate of drug-likeness (QED) is 0.927. The molecule has 18 heavy (non-hydrogen) atoms. The third kappa shape index (κ3) is 2.83. The van der Waals surface area contributed by atoms with Crippen LogP contribution in [0.4, 0.5) is 0 Å². The van der Waals surface area contributed by atoms with Crippen molar-refractivity contribution in [3.8, 4) is 11.5 Å². The van der Waals surface area contributed by atoms with E-state index >= 15 is 0 Å². The predicted octanol–water partition coefficient (Wildman–Crippen LogP) is 3.88. The Kier molecular flexibility index (Phi) is 4.22. The summed E-state index contributed by atoms with van der Waals surface area (Å²) < 4.78 is 5.09. The molecule has 96 valence electrons. The molecule has 0 amide bonds. The van der Waals surface area contributed by atoms with Crippen LogP contribution in [0.3, 0.4) is 0 Å². The van der Waals surface area contributed by atoms with Crippen LogP contribution in [0.2, 0.25) is 10.0 Å². The minimum Gasteiger partial charge on any atom is -0.385 e. The maximum absolute atomic E-state index is 9.75. The Morgan fingerprint density at radius 3 is 2.78 bits per heavy atom. The fourth-order valence-electron chi connectivity index (χ4n) is 1.52. The highest BCUT2D eigenvalue weighted by Gasteiger charge is 2.16. The Morgan fingerprint density at radius 2 is 2.11 bits per heavy atom. The van der Waals surface area contributed by atoms with Crippen molar-refractivity contribution in [1.82, 2.24) is 10.1 Å². The topological polar surface area (TPSA) is 59.2 Å². The molecule has 6 heteroatoms. The average Bonchev–Trinajstić information content (AvgIpc) is 2.82. The van der Waals surface area contributed by atoms with Crippen molar-refractivity contribution in [3.05, 3.63) is 34.1 Å². The highest BCUT2D eigenvalue weighted by Crippen LogP contribution is 2.28. The van der Waals surface area contributed by atoms with Crippen LogP contribution in [0.25, 0.3) is 11.5 Å². The SMILES string of the molecule is CCCC(O)c1noc(-c2ccc(Cl)c(Cl)c2)n1. The summed E-state index contributed by atoms with van der Waals surface area (Å²) in [6, 6.07) is 5.04. The number of aliphatic hydroxyl groups excluding tert-OH is 1. The third-order valence-corrected chi connectivity index (χ3v) is 3.21. The minimum absolute atomic E-state index is 0.290. The van der Waals surface area contributed by atoms with Crippen molar-refractivity contribution in [2.24, 2.45) is 0 Å². The lowest BCUT2D eigenvalue weighted by atomic mass is 10.2. The van der Waals surface area contributed by atoms with Gasteiger partial charge in [-0.25, -0.2) is 0 Å². The number of nitrogens with zero attached hydrogens (tertiary/aromatic N) is 2. The van der Waals surface area contributed by atoms with Gasteiger partial charge in [-0.15, -0.1) is 0 Å². The van der Waals surface area contributed by atoms with E-state index in [1.165, 1.54) is 0 Å². The van der Waals surface area contributed by atoms with E-state index < -0.39 is 6.10 Å². The van der Waals surface area contributed by atoms with Crippen molar-refractivity contribution in [1.29, 1.82) is 0 Å². The second-order valence-corrected chi connectivity index (χ2v) is 4.71. The lowest BCUT2D eigenvalue weighted by Crippen LogP contribution is -1.98. The van der Waals surface area contributed by atoms with Crippen molar-refractivity contribution >= 4 is 23.2 Å². The zero-order valence-corrected chi connectivity index (χ0v) is 11.2. The van der Waals surface area contributed by atoms with Crippen molar-refractivity contribution < 1.29 is 9.63 Å². The number of hydrogen-bond donors (Lipinski definition) is 1.